The molecule has 0 N–H and O–H groups in total. The SMILES string of the molecule is CCc1cnc(CN2CCC(c3ncco3)CC2)o1. The van der Waals surface area contributed by atoms with E-state index in [0.717, 1.165) is 56.4 Å². The molecule has 0 spiro atoms. The molecule has 102 valence electrons. The highest BCUT2D eigenvalue weighted by atomic mass is 16.4. The maximum atomic E-state index is 5.65. The molecule has 2 aromatic heterocycles. The fourth-order valence-electron chi connectivity index (χ4n) is 2.55. The summed E-state index contributed by atoms with van der Waals surface area (Å²) in [5.41, 5.74) is 0. The van der Waals surface area contributed by atoms with Crippen molar-refractivity contribution in [3.05, 3.63) is 36.2 Å². The van der Waals surface area contributed by atoms with Gasteiger partial charge in [-0.3, -0.25) is 4.90 Å². The van der Waals surface area contributed by atoms with Gasteiger partial charge in [0.2, 0.25) is 5.89 Å². The van der Waals surface area contributed by atoms with E-state index < -0.39 is 0 Å². The first kappa shape index (κ1) is 12.4. The quantitative estimate of drug-likeness (QED) is 0.846. The lowest BCUT2D eigenvalue weighted by Crippen LogP contribution is -2.32. The summed E-state index contributed by atoms with van der Waals surface area (Å²) in [5.74, 6) is 3.13. The van der Waals surface area contributed by atoms with E-state index >= 15 is 0 Å². The molecule has 0 saturated carbocycles. The van der Waals surface area contributed by atoms with Gasteiger partial charge in [-0.1, -0.05) is 6.92 Å². The van der Waals surface area contributed by atoms with Crippen molar-refractivity contribution in [2.45, 2.75) is 38.6 Å². The van der Waals surface area contributed by atoms with Gasteiger partial charge in [0.05, 0.1) is 18.9 Å². The van der Waals surface area contributed by atoms with E-state index in [4.69, 9.17) is 8.83 Å². The lowest BCUT2D eigenvalue weighted by Gasteiger charge is -2.29. The Kier molecular flexibility index (Phi) is 3.64. The van der Waals surface area contributed by atoms with Crippen molar-refractivity contribution in [1.29, 1.82) is 0 Å². The summed E-state index contributed by atoms with van der Waals surface area (Å²) in [5, 5.41) is 0. The highest BCUT2D eigenvalue weighted by molar-refractivity contribution is 4.97. The molecular formula is C14H19N3O2. The first-order valence-electron chi connectivity index (χ1n) is 6.90. The van der Waals surface area contributed by atoms with Gasteiger partial charge in [0.1, 0.15) is 12.0 Å². The second-order valence-electron chi connectivity index (χ2n) is 4.99. The van der Waals surface area contributed by atoms with E-state index in [2.05, 4.69) is 21.8 Å². The van der Waals surface area contributed by atoms with Crippen LogP contribution in [0.2, 0.25) is 0 Å². The van der Waals surface area contributed by atoms with Crippen LogP contribution in [0.3, 0.4) is 0 Å². The molecule has 3 heterocycles. The van der Waals surface area contributed by atoms with Gasteiger partial charge in [-0.05, 0) is 25.9 Å². The number of oxazole rings is 2. The molecule has 5 heteroatoms. The first-order valence-corrected chi connectivity index (χ1v) is 6.90. The molecule has 1 aliphatic rings. The van der Waals surface area contributed by atoms with Crippen molar-refractivity contribution >= 4 is 0 Å². The Morgan fingerprint density at radius 1 is 1.32 bits per heavy atom. The predicted molar refractivity (Wildman–Crippen MR) is 69.6 cm³/mol. The fraction of sp³-hybridized carbons (Fsp3) is 0.571. The molecule has 0 unspecified atom stereocenters. The van der Waals surface area contributed by atoms with E-state index in [0.29, 0.717) is 5.92 Å². The summed E-state index contributed by atoms with van der Waals surface area (Å²) in [7, 11) is 0. The number of likely N-dealkylation sites (tertiary alicyclic amines) is 1. The minimum absolute atomic E-state index is 0.460. The second kappa shape index (κ2) is 5.57. The Labute approximate surface area is 112 Å². The molecule has 0 atom stereocenters. The molecule has 0 radical (unpaired) electrons. The van der Waals surface area contributed by atoms with Crippen LogP contribution in [0.4, 0.5) is 0 Å². The van der Waals surface area contributed by atoms with Crippen molar-refractivity contribution in [3.63, 3.8) is 0 Å². The van der Waals surface area contributed by atoms with Crippen LogP contribution in [0.1, 0.15) is 43.2 Å². The minimum atomic E-state index is 0.460. The first-order chi connectivity index (χ1) is 9.35. The van der Waals surface area contributed by atoms with Gasteiger partial charge < -0.3 is 8.83 Å². The molecule has 0 amide bonds. The van der Waals surface area contributed by atoms with E-state index in [1.165, 1.54) is 0 Å². The van der Waals surface area contributed by atoms with E-state index in [1.54, 1.807) is 12.5 Å². The van der Waals surface area contributed by atoms with E-state index in [-0.39, 0.29) is 0 Å². The van der Waals surface area contributed by atoms with Crippen LogP contribution in [-0.2, 0) is 13.0 Å². The van der Waals surface area contributed by atoms with Crippen LogP contribution < -0.4 is 0 Å². The number of nitrogens with zero attached hydrogens (tertiary/aromatic N) is 3. The van der Waals surface area contributed by atoms with Crippen LogP contribution in [0.15, 0.2) is 27.5 Å². The number of rotatable bonds is 4. The van der Waals surface area contributed by atoms with Crippen LogP contribution >= 0.6 is 0 Å². The van der Waals surface area contributed by atoms with Gasteiger partial charge in [-0.25, -0.2) is 9.97 Å². The highest BCUT2D eigenvalue weighted by Gasteiger charge is 2.24. The Bertz CT molecular complexity index is 499. The zero-order valence-electron chi connectivity index (χ0n) is 11.2. The van der Waals surface area contributed by atoms with Crippen LogP contribution in [-0.4, -0.2) is 28.0 Å². The number of hydrogen-bond acceptors (Lipinski definition) is 5. The van der Waals surface area contributed by atoms with Gasteiger partial charge in [0, 0.05) is 12.3 Å². The Hall–Kier alpha value is -1.62. The molecule has 1 fully saturated rings. The van der Waals surface area contributed by atoms with E-state index in [1.807, 2.05) is 6.20 Å². The summed E-state index contributed by atoms with van der Waals surface area (Å²) < 4.78 is 11.0. The minimum Gasteiger partial charge on any atom is -0.449 e. The highest BCUT2D eigenvalue weighted by Crippen LogP contribution is 2.27. The number of aryl methyl sites for hydroxylation is 1. The average molecular weight is 261 g/mol. The second-order valence-corrected chi connectivity index (χ2v) is 4.99. The maximum absolute atomic E-state index is 5.65. The number of piperidine rings is 1. The third-order valence-corrected chi connectivity index (χ3v) is 3.70. The van der Waals surface area contributed by atoms with Crippen LogP contribution in [0.25, 0.3) is 0 Å². The van der Waals surface area contributed by atoms with Gasteiger partial charge in [-0.15, -0.1) is 0 Å². The van der Waals surface area contributed by atoms with Crippen molar-refractivity contribution in [3.8, 4) is 0 Å². The van der Waals surface area contributed by atoms with Gasteiger partial charge in [0.15, 0.2) is 5.89 Å². The zero-order chi connectivity index (χ0) is 13.1. The fourth-order valence-corrected chi connectivity index (χ4v) is 2.55. The Morgan fingerprint density at radius 3 is 2.79 bits per heavy atom. The molecule has 0 bridgehead atoms. The third kappa shape index (κ3) is 2.87. The molecule has 1 aliphatic heterocycles. The van der Waals surface area contributed by atoms with Crippen molar-refractivity contribution in [2.75, 3.05) is 13.1 Å². The zero-order valence-corrected chi connectivity index (χ0v) is 11.2. The predicted octanol–water partition coefficient (Wildman–Crippen LogP) is 2.60. The molecule has 19 heavy (non-hydrogen) atoms. The summed E-state index contributed by atoms with van der Waals surface area (Å²) in [4.78, 5) is 10.9. The number of aromatic nitrogens is 2. The Balaban J connectivity index is 1.52. The van der Waals surface area contributed by atoms with Crippen LogP contribution in [0, 0.1) is 0 Å². The van der Waals surface area contributed by atoms with Crippen molar-refractivity contribution in [2.24, 2.45) is 0 Å². The molecule has 3 rings (SSSR count). The maximum Gasteiger partial charge on any atom is 0.208 e. The number of hydrogen-bond donors (Lipinski definition) is 0. The summed E-state index contributed by atoms with van der Waals surface area (Å²) >= 11 is 0. The molecule has 1 saturated heterocycles. The lowest BCUT2D eigenvalue weighted by molar-refractivity contribution is 0.177. The summed E-state index contributed by atoms with van der Waals surface area (Å²) in [6.45, 7) is 4.96. The smallest absolute Gasteiger partial charge is 0.208 e. The summed E-state index contributed by atoms with van der Waals surface area (Å²) in [6, 6.07) is 0. The normalized spacial score (nSPS) is 17.9. The molecule has 0 aromatic carbocycles. The van der Waals surface area contributed by atoms with Gasteiger partial charge in [-0.2, -0.15) is 0 Å². The molecule has 0 aliphatic carbocycles. The molecule has 2 aromatic rings. The van der Waals surface area contributed by atoms with Gasteiger partial charge >= 0.3 is 0 Å². The Morgan fingerprint density at radius 2 is 2.16 bits per heavy atom. The van der Waals surface area contributed by atoms with Crippen molar-refractivity contribution < 1.29 is 8.83 Å². The monoisotopic (exact) mass is 261 g/mol. The topological polar surface area (TPSA) is 55.3 Å². The van der Waals surface area contributed by atoms with Crippen molar-refractivity contribution in [1.82, 2.24) is 14.9 Å². The third-order valence-electron chi connectivity index (χ3n) is 3.70. The molecular weight excluding hydrogens is 242 g/mol. The molecule has 5 nitrogen and oxygen atoms in total. The largest absolute Gasteiger partial charge is 0.449 e. The van der Waals surface area contributed by atoms with Crippen LogP contribution in [0.5, 0.6) is 0 Å². The summed E-state index contributed by atoms with van der Waals surface area (Å²) in [6.07, 6.45) is 8.28. The standard InChI is InChI=1S/C14H19N3O2/c1-2-12-9-16-13(19-12)10-17-6-3-11(4-7-17)14-15-5-8-18-14/h5,8-9,11H,2-4,6-7,10H2,1H3. The van der Waals surface area contributed by atoms with Gasteiger partial charge in [0.25, 0.3) is 0 Å². The average Bonchev–Trinajstić information content (AvgIpc) is 3.10. The lowest BCUT2D eigenvalue weighted by atomic mass is 9.97. The van der Waals surface area contributed by atoms with E-state index in [9.17, 15) is 0 Å².